The summed E-state index contributed by atoms with van der Waals surface area (Å²) in [5.74, 6) is 0.110. The third kappa shape index (κ3) is 15.3. The van der Waals surface area contributed by atoms with Crippen LogP contribution >= 0.6 is 0 Å². The highest BCUT2D eigenvalue weighted by Crippen LogP contribution is 2.33. The van der Waals surface area contributed by atoms with E-state index in [0.717, 1.165) is 33.4 Å². The van der Waals surface area contributed by atoms with Gasteiger partial charge in [0.1, 0.15) is 11.5 Å². The first-order valence-electron chi connectivity index (χ1n) is 23.6. The number of carbonyl (C=O) groups excluding carboxylic acids is 2. The number of aromatic hydroxyl groups is 2. The summed E-state index contributed by atoms with van der Waals surface area (Å²) >= 11 is 0. The van der Waals surface area contributed by atoms with E-state index in [1.54, 1.807) is 36.7 Å². The molecule has 0 radical (unpaired) electrons. The maximum absolute atomic E-state index is 12.9. The Bertz CT molecular complexity index is 2420. The highest BCUT2D eigenvalue weighted by Gasteiger charge is 2.22. The lowest BCUT2D eigenvalue weighted by Gasteiger charge is -2.26. The van der Waals surface area contributed by atoms with Crippen LogP contribution in [0, 0.1) is 0 Å². The lowest BCUT2D eigenvalue weighted by Crippen LogP contribution is -2.34. The Hall–Kier alpha value is -6.88. The number of rotatable bonds is 21. The van der Waals surface area contributed by atoms with Gasteiger partial charge in [-0.05, 0) is 69.5 Å². The predicted molar refractivity (Wildman–Crippen MR) is 277 cm³/mol. The average Bonchev–Trinajstić information content (AvgIpc) is 3.32. The number of hydrogen-bond donors (Lipinski definition) is 4. The Labute approximate surface area is 403 Å². The molecule has 10 heteroatoms. The molecule has 0 saturated heterocycles. The minimum absolute atomic E-state index is 0.119. The van der Waals surface area contributed by atoms with Crippen LogP contribution in [-0.2, 0) is 37.0 Å². The zero-order valence-electron chi connectivity index (χ0n) is 40.6. The van der Waals surface area contributed by atoms with Gasteiger partial charge >= 0.3 is 0 Å². The summed E-state index contributed by atoms with van der Waals surface area (Å²) in [6.07, 6.45) is 3.45. The van der Waals surface area contributed by atoms with Gasteiger partial charge in [0.25, 0.3) is 11.8 Å². The van der Waals surface area contributed by atoms with Crippen molar-refractivity contribution in [1.29, 1.82) is 0 Å². The van der Waals surface area contributed by atoms with E-state index in [0.29, 0.717) is 87.7 Å². The first kappa shape index (κ1) is 50.5. The smallest absolute Gasteiger partial charge is 0.251 e. The summed E-state index contributed by atoms with van der Waals surface area (Å²) in [5, 5.41) is 29.6. The van der Waals surface area contributed by atoms with Crippen LogP contribution in [0.4, 0.5) is 0 Å². The fourth-order valence-electron chi connectivity index (χ4n) is 7.81. The number of nitrogens with zero attached hydrogens (tertiary/aromatic N) is 4. The van der Waals surface area contributed by atoms with Crippen molar-refractivity contribution in [2.75, 3.05) is 39.3 Å². The molecule has 0 aromatic heterocycles. The standard InChI is InChI=1S/C58H68N6O4/c1-57(2,3)51-33-47(53(65)49(35-51)41-63(39-43-19-11-7-12-20-43)31-29-61-55(67)45-23-15-9-16-24-45)37-59-27-28-60-38-48-34-52(58(4,5)6)36-50(54(48)66)42-64(40-44-21-13-8-14-22-44)32-30-62-56(68)46-25-17-10-18-26-46/h7-26,33-38,65-66H,27-32,39-42H2,1-6H3,(H,61,67)(H,62,68). The van der Waals surface area contributed by atoms with Crippen LogP contribution in [0.15, 0.2) is 156 Å². The van der Waals surface area contributed by atoms with Gasteiger partial charge in [0, 0.05) is 98.2 Å². The number of carbonyl (C=O) groups is 2. The van der Waals surface area contributed by atoms with Gasteiger partial charge in [0.15, 0.2) is 0 Å². The molecule has 10 nitrogen and oxygen atoms in total. The molecular weight excluding hydrogens is 845 g/mol. The van der Waals surface area contributed by atoms with Crippen LogP contribution in [0.25, 0.3) is 0 Å². The van der Waals surface area contributed by atoms with E-state index < -0.39 is 0 Å². The first-order valence-corrected chi connectivity index (χ1v) is 23.6. The maximum Gasteiger partial charge on any atom is 0.251 e. The quantitative estimate of drug-likeness (QED) is 0.0421. The Morgan fingerprint density at radius 2 is 0.838 bits per heavy atom. The molecule has 0 unspecified atom stereocenters. The number of aliphatic imine (C=N–C) groups is 2. The van der Waals surface area contributed by atoms with Gasteiger partial charge in [0.05, 0.1) is 13.1 Å². The third-order valence-electron chi connectivity index (χ3n) is 11.8. The molecule has 68 heavy (non-hydrogen) atoms. The van der Waals surface area contributed by atoms with Crippen molar-refractivity contribution in [2.24, 2.45) is 9.98 Å². The van der Waals surface area contributed by atoms with Crippen molar-refractivity contribution in [1.82, 2.24) is 20.4 Å². The molecule has 0 spiro atoms. The average molecular weight is 913 g/mol. The van der Waals surface area contributed by atoms with Crippen LogP contribution < -0.4 is 10.6 Å². The molecule has 0 bridgehead atoms. The largest absolute Gasteiger partial charge is 0.507 e. The molecule has 6 aromatic rings. The summed E-state index contributed by atoms with van der Waals surface area (Å²) in [6.45, 7) is 17.9. The topological polar surface area (TPSA) is 130 Å². The van der Waals surface area contributed by atoms with Crippen molar-refractivity contribution in [2.45, 2.75) is 78.6 Å². The van der Waals surface area contributed by atoms with Gasteiger partial charge in [-0.2, -0.15) is 0 Å². The van der Waals surface area contributed by atoms with Gasteiger partial charge in [-0.3, -0.25) is 29.4 Å². The van der Waals surface area contributed by atoms with Gasteiger partial charge in [-0.25, -0.2) is 0 Å². The van der Waals surface area contributed by atoms with Crippen LogP contribution in [0.3, 0.4) is 0 Å². The SMILES string of the molecule is CC(C)(C)c1cc(C=NCCN=Cc2cc(C(C)(C)C)cc(CN(CCNC(=O)c3ccccc3)Cc3ccccc3)c2O)c(O)c(CN(CCNC(=O)c2ccccc2)Cc2ccccc2)c1. The Kier molecular flexibility index (Phi) is 18.0. The fraction of sp³-hybridized carbons (Fsp3) is 0.310. The fourth-order valence-corrected chi connectivity index (χ4v) is 7.81. The van der Waals surface area contributed by atoms with E-state index in [1.165, 1.54) is 0 Å². The summed E-state index contributed by atoms with van der Waals surface area (Å²) in [5.41, 5.74) is 8.11. The van der Waals surface area contributed by atoms with Crippen LogP contribution in [-0.4, -0.2) is 83.5 Å². The van der Waals surface area contributed by atoms with Crippen LogP contribution in [0.1, 0.15) is 107 Å². The lowest BCUT2D eigenvalue weighted by molar-refractivity contribution is 0.0939. The van der Waals surface area contributed by atoms with E-state index in [1.807, 2.05) is 84.9 Å². The van der Waals surface area contributed by atoms with Crippen LogP contribution in [0.5, 0.6) is 11.5 Å². The third-order valence-corrected chi connectivity index (χ3v) is 11.8. The molecule has 0 atom stereocenters. The zero-order chi connectivity index (χ0) is 48.5. The van der Waals surface area contributed by atoms with Crippen molar-refractivity contribution in [3.63, 3.8) is 0 Å². The van der Waals surface area contributed by atoms with Crippen molar-refractivity contribution in [3.8, 4) is 11.5 Å². The molecule has 0 aliphatic heterocycles. The van der Waals surface area contributed by atoms with Crippen molar-refractivity contribution >= 4 is 24.2 Å². The molecule has 0 fully saturated rings. The molecule has 0 heterocycles. The summed E-state index contributed by atoms with van der Waals surface area (Å²) in [4.78, 5) is 39.6. The molecule has 354 valence electrons. The molecule has 0 saturated carbocycles. The summed E-state index contributed by atoms with van der Waals surface area (Å²) in [7, 11) is 0. The molecule has 4 N–H and O–H groups in total. The molecule has 6 aromatic carbocycles. The monoisotopic (exact) mass is 913 g/mol. The molecular formula is C58H68N6O4. The molecule has 0 aliphatic carbocycles. The first-order chi connectivity index (χ1) is 32.6. The Morgan fingerprint density at radius 1 is 0.500 bits per heavy atom. The number of phenols is 2. The molecule has 6 rings (SSSR count). The maximum atomic E-state index is 12.9. The van der Waals surface area contributed by atoms with Gasteiger partial charge in [-0.1, -0.05) is 151 Å². The number of hydrogen-bond acceptors (Lipinski definition) is 8. The Balaban J connectivity index is 1.16. The summed E-state index contributed by atoms with van der Waals surface area (Å²) < 4.78 is 0. The second-order valence-electron chi connectivity index (χ2n) is 19.4. The second-order valence-corrected chi connectivity index (χ2v) is 19.4. The Morgan fingerprint density at radius 3 is 1.18 bits per heavy atom. The highest BCUT2D eigenvalue weighted by molar-refractivity contribution is 5.94. The lowest BCUT2D eigenvalue weighted by atomic mass is 9.84. The minimum Gasteiger partial charge on any atom is -0.507 e. The number of amides is 2. The highest BCUT2D eigenvalue weighted by atomic mass is 16.3. The van der Waals surface area contributed by atoms with E-state index in [4.69, 9.17) is 9.98 Å². The molecule has 0 aliphatic rings. The number of nitrogens with one attached hydrogen (secondary N) is 2. The minimum atomic E-state index is -0.192. The van der Waals surface area contributed by atoms with Crippen molar-refractivity contribution < 1.29 is 19.8 Å². The van der Waals surface area contributed by atoms with E-state index in [2.05, 4.69) is 98.4 Å². The number of benzene rings is 6. The van der Waals surface area contributed by atoms with E-state index >= 15 is 0 Å². The summed E-state index contributed by atoms with van der Waals surface area (Å²) in [6, 6.07) is 47.0. The zero-order valence-corrected chi connectivity index (χ0v) is 40.6. The van der Waals surface area contributed by atoms with Gasteiger partial charge < -0.3 is 20.8 Å². The van der Waals surface area contributed by atoms with Gasteiger partial charge in [-0.15, -0.1) is 0 Å². The van der Waals surface area contributed by atoms with Gasteiger partial charge in [0.2, 0.25) is 0 Å². The van der Waals surface area contributed by atoms with Crippen molar-refractivity contribution in [3.05, 3.63) is 201 Å². The van der Waals surface area contributed by atoms with E-state index in [9.17, 15) is 19.8 Å². The normalized spacial score (nSPS) is 12.1. The number of phenolic OH excluding ortho intramolecular Hbond substituents is 2. The van der Waals surface area contributed by atoms with E-state index in [-0.39, 0.29) is 34.1 Å². The van der Waals surface area contributed by atoms with Crippen LogP contribution in [0.2, 0.25) is 0 Å². The molecule has 2 amide bonds. The second kappa shape index (κ2) is 24.2. The predicted octanol–water partition coefficient (Wildman–Crippen LogP) is 10.1.